The molecule has 0 amide bonds. The third-order valence-electron chi connectivity index (χ3n) is 4.01. The van der Waals surface area contributed by atoms with Crippen LogP contribution in [0.1, 0.15) is 30.4 Å². The van der Waals surface area contributed by atoms with Gasteiger partial charge < -0.3 is 22.9 Å². The zero-order chi connectivity index (χ0) is 10.8. The van der Waals surface area contributed by atoms with Gasteiger partial charge in [0.25, 0.3) is 0 Å². The van der Waals surface area contributed by atoms with Crippen LogP contribution in [0.4, 0.5) is 22.7 Å². The van der Waals surface area contributed by atoms with Crippen LogP contribution in [0.15, 0.2) is 0 Å². The predicted octanol–water partition coefficient (Wildman–Crippen LogP) is 0.993. The monoisotopic (exact) mass is 204 g/mol. The van der Waals surface area contributed by atoms with E-state index < -0.39 is 0 Å². The van der Waals surface area contributed by atoms with E-state index in [1.807, 2.05) is 0 Å². The molecule has 0 unspecified atom stereocenters. The molecule has 8 N–H and O–H groups in total. The van der Waals surface area contributed by atoms with Crippen molar-refractivity contribution >= 4 is 22.7 Å². The minimum absolute atomic E-state index is 0.239. The molecule has 3 rings (SSSR count). The molecule has 1 aromatic rings. The molecule has 0 radical (unpaired) electrons. The summed E-state index contributed by atoms with van der Waals surface area (Å²) >= 11 is 0. The molecule has 80 valence electrons. The Balaban J connectivity index is 2.37. The van der Waals surface area contributed by atoms with Gasteiger partial charge in [-0.2, -0.15) is 0 Å². The van der Waals surface area contributed by atoms with E-state index in [1.54, 1.807) is 0 Å². The Bertz CT molecular complexity index is 454. The number of fused-ring (bicyclic) bond motifs is 3. The normalized spacial score (nSPS) is 20.5. The molecule has 4 nitrogen and oxygen atoms in total. The maximum Gasteiger partial charge on any atom is 0.0788 e. The van der Waals surface area contributed by atoms with Gasteiger partial charge in [-0.05, 0) is 31.1 Å². The Kier molecular flexibility index (Phi) is 1.35. The lowest BCUT2D eigenvalue weighted by molar-refractivity contribution is 0.606. The van der Waals surface area contributed by atoms with Crippen molar-refractivity contribution in [1.29, 1.82) is 0 Å². The lowest BCUT2D eigenvalue weighted by Gasteiger charge is -2.30. The summed E-state index contributed by atoms with van der Waals surface area (Å²) in [6, 6.07) is 0. The molecule has 4 heteroatoms. The summed E-state index contributed by atoms with van der Waals surface area (Å²) in [5.74, 6) is 0. The Labute approximate surface area is 88.6 Å². The highest BCUT2D eigenvalue weighted by Gasteiger charge is 2.49. The minimum atomic E-state index is 0.239. The van der Waals surface area contributed by atoms with Crippen LogP contribution in [0.2, 0.25) is 0 Å². The number of nitrogens with two attached hydrogens (primary N) is 4. The number of hydrogen-bond donors (Lipinski definition) is 4. The van der Waals surface area contributed by atoms with E-state index in [1.165, 1.54) is 12.8 Å². The zero-order valence-electron chi connectivity index (χ0n) is 8.64. The number of anilines is 4. The molecule has 2 aliphatic rings. The summed E-state index contributed by atoms with van der Waals surface area (Å²) in [4.78, 5) is 0. The molecule has 2 bridgehead atoms. The first-order valence-electron chi connectivity index (χ1n) is 5.32. The SMILES string of the molecule is Nc1c(N)c2c(N)c(c1N)C1(CC2)CC1. The first kappa shape index (κ1) is 8.71. The summed E-state index contributed by atoms with van der Waals surface area (Å²) in [7, 11) is 0. The second-order valence-corrected chi connectivity index (χ2v) is 4.79. The average molecular weight is 204 g/mol. The molecule has 0 aliphatic heterocycles. The van der Waals surface area contributed by atoms with Crippen molar-refractivity contribution in [2.45, 2.75) is 31.1 Å². The lowest BCUT2D eigenvalue weighted by Crippen LogP contribution is -2.23. The maximum absolute atomic E-state index is 6.11. The van der Waals surface area contributed by atoms with E-state index in [9.17, 15) is 0 Å². The largest absolute Gasteiger partial charge is 0.398 e. The molecule has 0 atom stereocenters. The van der Waals surface area contributed by atoms with Gasteiger partial charge in [-0.3, -0.25) is 0 Å². The van der Waals surface area contributed by atoms with Crippen molar-refractivity contribution in [1.82, 2.24) is 0 Å². The van der Waals surface area contributed by atoms with Gasteiger partial charge in [-0.1, -0.05) is 0 Å². The van der Waals surface area contributed by atoms with Crippen molar-refractivity contribution in [3.05, 3.63) is 11.1 Å². The summed E-state index contributed by atoms with van der Waals surface area (Å²) < 4.78 is 0. The van der Waals surface area contributed by atoms with Crippen LogP contribution in [0, 0.1) is 0 Å². The topological polar surface area (TPSA) is 104 Å². The number of rotatable bonds is 0. The van der Waals surface area contributed by atoms with Gasteiger partial charge in [-0.15, -0.1) is 0 Å². The number of nitrogen functional groups attached to an aromatic ring is 4. The molecule has 2 aliphatic carbocycles. The summed E-state index contributed by atoms with van der Waals surface area (Å²) in [5, 5.41) is 0. The fourth-order valence-electron chi connectivity index (χ4n) is 2.86. The molecular formula is C11H16N4. The molecule has 1 fully saturated rings. The quantitative estimate of drug-likeness (QED) is 0.473. The summed E-state index contributed by atoms with van der Waals surface area (Å²) in [6.07, 6.45) is 4.43. The van der Waals surface area contributed by atoms with Crippen LogP contribution in [-0.4, -0.2) is 0 Å². The van der Waals surface area contributed by atoms with Gasteiger partial charge in [0.2, 0.25) is 0 Å². The third-order valence-corrected chi connectivity index (χ3v) is 4.01. The Morgan fingerprint density at radius 3 is 2.00 bits per heavy atom. The second kappa shape index (κ2) is 2.32. The van der Waals surface area contributed by atoms with E-state index in [0.717, 1.165) is 29.7 Å². The second-order valence-electron chi connectivity index (χ2n) is 4.79. The smallest absolute Gasteiger partial charge is 0.0788 e. The Morgan fingerprint density at radius 2 is 1.40 bits per heavy atom. The van der Waals surface area contributed by atoms with E-state index in [4.69, 9.17) is 22.9 Å². The first-order valence-corrected chi connectivity index (χ1v) is 5.32. The van der Waals surface area contributed by atoms with Crippen LogP contribution in [0.25, 0.3) is 0 Å². The van der Waals surface area contributed by atoms with Crippen LogP contribution in [0.3, 0.4) is 0 Å². The summed E-state index contributed by atoms with van der Waals surface area (Å²) in [5.41, 5.74) is 28.8. The highest BCUT2D eigenvalue weighted by Crippen LogP contribution is 2.60. The van der Waals surface area contributed by atoms with E-state index in [0.29, 0.717) is 17.1 Å². The van der Waals surface area contributed by atoms with Crippen molar-refractivity contribution < 1.29 is 0 Å². The molecule has 1 spiro atoms. The molecule has 0 saturated heterocycles. The van der Waals surface area contributed by atoms with Crippen LogP contribution in [-0.2, 0) is 11.8 Å². The zero-order valence-corrected chi connectivity index (χ0v) is 8.64. The first-order chi connectivity index (χ1) is 7.07. The predicted molar refractivity (Wildman–Crippen MR) is 63.3 cm³/mol. The molecule has 1 saturated carbocycles. The van der Waals surface area contributed by atoms with Crippen molar-refractivity contribution in [2.75, 3.05) is 22.9 Å². The minimum Gasteiger partial charge on any atom is -0.398 e. The van der Waals surface area contributed by atoms with Crippen LogP contribution < -0.4 is 22.9 Å². The highest BCUT2D eigenvalue weighted by molar-refractivity contribution is 5.91. The fraction of sp³-hybridized carbons (Fsp3) is 0.455. The van der Waals surface area contributed by atoms with Gasteiger partial charge in [0.1, 0.15) is 0 Å². The number of benzene rings is 1. The van der Waals surface area contributed by atoms with E-state index in [2.05, 4.69) is 0 Å². The van der Waals surface area contributed by atoms with Crippen LogP contribution in [0.5, 0.6) is 0 Å². The molecule has 15 heavy (non-hydrogen) atoms. The fourth-order valence-corrected chi connectivity index (χ4v) is 2.86. The van der Waals surface area contributed by atoms with Crippen molar-refractivity contribution in [2.24, 2.45) is 0 Å². The molecule has 0 aromatic heterocycles. The van der Waals surface area contributed by atoms with Crippen LogP contribution >= 0.6 is 0 Å². The Morgan fingerprint density at radius 1 is 0.733 bits per heavy atom. The van der Waals surface area contributed by atoms with Gasteiger partial charge in [0.15, 0.2) is 0 Å². The molecule has 0 heterocycles. The van der Waals surface area contributed by atoms with Gasteiger partial charge in [0.05, 0.1) is 17.1 Å². The maximum atomic E-state index is 6.11. The van der Waals surface area contributed by atoms with Crippen molar-refractivity contribution in [3.8, 4) is 0 Å². The van der Waals surface area contributed by atoms with Gasteiger partial charge in [0, 0.05) is 16.8 Å². The van der Waals surface area contributed by atoms with Crippen molar-refractivity contribution in [3.63, 3.8) is 0 Å². The lowest BCUT2D eigenvalue weighted by atomic mass is 9.79. The highest BCUT2D eigenvalue weighted by atomic mass is 14.8. The van der Waals surface area contributed by atoms with Gasteiger partial charge >= 0.3 is 0 Å². The molecular weight excluding hydrogens is 188 g/mol. The van der Waals surface area contributed by atoms with E-state index >= 15 is 0 Å². The average Bonchev–Trinajstić information content (AvgIpc) is 2.95. The molecule has 1 aromatic carbocycles. The van der Waals surface area contributed by atoms with E-state index in [-0.39, 0.29) is 5.41 Å². The summed E-state index contributed by atoms with van der Waals surface area (Å²) in [6.45, 7) is 0. The Hall–Kier alpha value is -1.58. The van der Waals surface area contributed by atoms with Gasteiger partial charge in [-0.25, -0.2) is 0 Å². The standard InChI is InChI=1S/C11H16N4/c12-7-5-1-2-11(3-4-11)6(7)9(14)10(15)8(5)13/h1-4,12-15H2. The number of hydrogen-bond acceptors (Lipinski definition) is 4. The third kappa shape index (κ3) is 0.868.